The van der Waals surface area contributed by atoms with Crippen LogP contribution in [0.25, 0.3) is 10.2 Å². The van der Waals surface area contributed by atoms with E-state index in [4.69, 9.17) is 16.3 Å². The van der Waals surface area contributed by atoms with Crippen molar-refractivity contribution in [1.82, 2.24) is 4.57 Å². The molecule has 1 aromatic heterocycles. The number of allylic oxidation sites excluding steroid dienone is 1. The van der Waals surface area contributed by atoms with Gasteiger partial charge in [0.2, 0.25) is 5.91 Å². The molecule has 0 bridgehead atoms. The van der Waals surface area contributed by atoms with Gasteiger partial charge in [-0.3, -0.25) is 4.79 Å². The lowest BCUT2D eigenvalue weighted by Crippen LogP contribution is -2.17. The number of aromatic nitrogens is 1. The third kappa shape index (κ3) is 4.95. The van der Waals surface area contributed by atoms with E-state index in [1.807, 2.05) is 10.6 Å². The Balaban J connectivity index is 1.83. The third-order valence-electron chi connectivity index (χ3n) is 4.18. The maximum Gasteiger partial charge on any atom is 0.249 e. The summed E-state index contributed by atoms with van der Waals surface area (Å²) in [6, 6.07) is 11.5. The fraction of sp³-hybridized carbons (Fsp3) is 0.200. The third-order valence-corrected chi connectivity index (χ3v) is 7.19. The number of fused-ring (bicyclic) bond motifs is 1. The molecule has 0 aliphatic carbocycles. The van der Waals surface area contributed by atoms with Crippen LogP contribution in [-0.4, -0.2) is 31.8 Å². The molecule has 9 heteroatoms. The summed E-state index contributed by atoms with van der Waals surface area (Å²) >= 11 is 7.37. The minimum Gasteiger partial charge on any atom is -0.497 e. The molecule has 1 amide bonds. The smallest absolute Gasteiger partial charge is 0.249 e. The molecule has 0 spiro atoms. The summed E-state index contributed by atoms with van der Waals surface area (Å²) in [5.74, 6) is -0.260. The van der Waals surface area contributed by atoms with E-state index in [-0.39, 0.29) is 17.1 Å². The van der Waals surface area contributed by atoms with Gasteiger partial charge < -0.3 is 9.30 Å². The predicted octanol–water partition coefficient (Wildman–Crippen LogP) is 3.84. The van der Waals surface area contributed by atoms with Gasteiger partial charge in [0.25, 0.3) is 0 Å². The van der Waals surface area contributed by atoms with Crippen LogP contribution in [0.5, 0.6) is 5.75 Å². The van der Waals surface area contributed by atoms with Crippen LogP contribution in [0, 0.1) is 0 Å². The van der Waals surface area contributed by atoms with Crippen molar-refractivity contribution in [3.8, 4) is 5.75 Å². The summed E-state index contributed by atoms with van der Waals surface area (Å²) in [5, 5.41) is 0.591. The lowest BCUT2D eigenvalue weighted by atomic mass is 10.3. The van der Waals surface area contributed by atoms with Crippen molar-refractivity contribution >= 4 is 48.9 Å². The molecule has 0 saturated heterocycles. The number of ether oxygens (including phenoxy) is 1. The average molecular weight is 451 g/mol. The predicted molar refractivity (Wildman–Crippen MR) is 115 cm³/mol. The highest BCUT2D eigenvalue weighted by Gasteiger charge is 2.17. The van der Waals surface area contributed by atoms with Gasteiger partial charge in [0.05, 0.1) is 28.0 Å². The Bertz CT molecular complexity index is 1230. The van der Waals surface area contributed by atoms with E-state index >= 15 is 0 Å². The first-order chi connectivity index (χ1) is 13.8. The van der Waals surface area contributed by atoms with E-state index in [9.17, 15) is 13.2 Å². The molecule has 0 aliphatic heterocycles. The molecule has 0 aliphatic rings. The Hall–Kier alpha value is -2.42. The van der Waals surface area contributed by atoms with Crippen LogP contribution in [0.3, 0.4) is 0 Å². The molecule has 2 aromatic carbocycles. The van der Waals surface area contributed by atoms with Crippen molar-refractivity contribution in [1.29, 1.82) is 0 Å². The van der Waals surface area contributed by atoms with E-state index in [1.54, 1.807) is 30.3 Å². The molecule has 29 heavy (non-hydrogen) atoms. The number of halogens is 1. The molecule has 152 valence electrons. The molecular weight excluding hydrogens is 432 g/mol. The lowest BCUT2D eigenvalue weighted by Gasteiger charge is -2.04. The topological polar surface area (TPSA) is 77.7 Å². The number of amides is 1. The highest BCUT2D eigenvalue weighted by Crippen LogP contribution is 2.22. The molecule has 0 unspecified atom stereocenters. The Morgan fingerprint density at radius 2 is 2.00 bits per heavy atom. The van der Waals surface area contributed by atoms with Crippen LogP contribution in [0.15, 0.2) is 65.0 Å². The summed E-state index contributed by atoms with van der Waals surface area (Å²) in [4.78, 5) is 17.1. The summed E-state index contributed by atoms with van der Waals surface area (Å²) in [5.41, 5.74) is 0.886. The number of carbonyl (C=O) groups excluding carboxylic acids is 1. The molecule has 0 saturated carbocycles. The molecule has 0 N–H and O–H groups in total. The van der Waals surface area contributed by atoms with E-state index < -0.39 is 15.7 Å². The van der Waals surface area contributed by atoms with Crippen LogP contribution >= 0.6 is 22.9 Å². The minimum absolute atomic E-state index is 0.143. The van der Waals surface area contributed by atoms with Crippen molar-refractivity contribution < 1.29 is 17.9 Å². The van der Waals surface area contributed by atoms with E-state index in [0.717, 1.165) is 10.2 Å². The normalized spacial score (nSPS) is 12.3. The zero-order chi connectivity index (χ0) is 21.0. The van der Waals surface area contributed by atoms with Crippen LogP contribution in [0.2, 0.25) is 5.02 Å². The SMILES string of the molecule is C=CCn1c(=NC(=O)CCS(=O)(=O)c2ccc(OC)cc2)sc2cc(Cl)ccc21. The Labute approximate surface area is 177 Å². The number of rotatable bonds is 7. The zero-order valence-electron chi connectivity index (χ0n) is 15.7. The first-order valence-electron chi connectivity index (χ1n) is 8.68. The lowest BCUT2D eigenvalue weighted by molar-refractivity contribution is -0.117. The van der Waals surface area contributed by atoms with Crippen LogP contribution in [0.1, 0.15) is 6.42 Å². The molecule has 1 heterocycles. The van der Waals surface area contributed by atoms with Gasteiger partial charge in [-0.2, -0.15) is 4.99 Å². The van der Waals surface area contributed by atoms with Gasteiger partial charge in [-0.25, -0.2) is 8.42 Å². The minimum atomic E-state index is -3.60. The number of hydrogen-bond acceptors (Lipinski definition) is 5. The molecule has 0 radical (unpaired) electrons. The molecule has 0 atom stereocenters. The second-order valence-corrected chi connectivity index (χ2v) is 9.70. The Kier molecular flexibility index (Phi) is 6.56. The highest BCUT2D eigenvalue weighted by atomic mass is 35.5. The number of hydrogen-bond donors (Lipinski definition) is 0. The maximum atomic E-state index is 12.5. The second kappa shape index (κ2) is 8.94. The number of sulfone groups is 1. The van der Waals surface area contributed by atoms with Gasteiger partial charge in [0.1, 0.15) is 5.75 Å². The standard InChI is InChI=1S/C20H19ClN2O4S2/c1-3-11-23-17-9-4-14(21)13-18(17)28-20(23)22-19(24)10-12-29(25,26)16-7-5-15(27-2)6-8-16/h3-9,13H,1,10-12H2,2H3. The largest absolute Gasteiger partial charge is 0.497 e. The second-order valence-electron chi connectivity index (χ2n) is 6.15. The van der Waals surface area contributed by atoms with Gasteiger partial charge in [-0.15, -0.1) is 6.58 Å². The van der Waals surface area contributed by atoms with Crippen molar-refractivity contribution in [3.63, 3.8) is 0 Å². The molecule has 0 fully saturated rings. The van der Waals surface area contributed by atoms with Crippen molar-refractivity contribution in [2.75, 3.05) is 12.9 Å². The first kappa shape index (κ1) is 21.3. The van der Waals surface area contributed by atoms with Crippen molar-refractivity contribution in [2.24, 2.45) is 4.99 Å². The molecule has 6 nitrogen and oxygen atoms in total. The van der Waals surface area contributed by atoms with Crippen molar-refractivity contribution in [2.45, 2.75) is 17.9 Å². The Morgan fingerprint density at radius 1 is 1.28 bits per heavy atom. The molecular formula is C20H19ClN2O4S2. The summed E-state index contributed by atoms with van der Waals surface area (Å²) in [6.45, 7) is 4.21. The zero-order valence-corrected chi connectivity index (χ0v) is 18.1. The summed E-state index contributed by atoms with van der Waals surface area (Å²) in [6.07, 6.45) is 1.50. The molecule has 3 rings (SSSR count). The number of carbonyl (C=O) groups is 1. The highest BCUT2D eigenvalue weighted by molar-refractivity contribution is 7.91. The summed E-state index contributed by atoms with van der Waals surface area (Å²) in [7, 11) is -2.09. The van der Waals surface area contributed by atoms with E-state index in [0.29, 0.717) is 22.1 Å². The van der Waals surface area contributed by atoms with Gasteiger partial charge >= 0.3 is 0 Å². The van der Waals surface area contributed by atoms with Crippen LogP contribution in [0.4, 0.5) is 0 Å². The van der Waals surface area contributed by atoms with Crippen molar-refractivity contribution in [3.05, 3.63) is 64.9 Å². The summed E-state index contributed by atoms with van der Waals surface area (Å²) < 4.78 is 32.7. The fourth-order valence-electron chi connectivity index (χ4n) is 2.72. The van der Waals surface area contributed by atoms with Gasteiger partial charge in [0, 0.05) is 18.0 Å². The van der Waals surface area contributed by atoms with Crippen LogP contribution in [-0.2, 0) is 21.2 Å². The first-order valence-corrected chi connectivity index (χ1v) is 11.5. The number of benzene rings is 2. The fourth-order valence-corrected chi connectivity index (χ4v) is 5.29. The van der Waals surface area contributed by atoms with Gasteiger partial charge in [-0.1, -0.05) is 29.0 Å². The van der Waals surface area contributed by atoms with Gasteiger partial charge in [-0.05, 0) is 42.5 Å². The van der Waals surface area contributed by atoms with Crippen LogP contribution < -0.4 is 9.54 Å². The van der Waals surface area contributed by atoms with Gasteiger partial charge in [0.15, 0.2) is 14.6 Å². The number of thiazole rings is 1. The van der Waals surface area contributed by atoms with E-state index in [1.165, 1.54) is 30.6 Å². The van der Waals surface area contributed by atoms with E-state index in [2.05, 4.69) is 11.6 Å². The average Bonchev–Trinajstić information content (AvgIpc) is 3.03. The molecule has 3 aromatic rings. The Morgan fingerprint density at radius 3 is 2.66 bits per heavy atom. The maximum absolute atomic E-state index is 12.5. The monoisotopic (exact) mass is 450 g/mol. The number of nitrogens with zero attached hydrogens (tertiary/aromatic N) is 2. The number of methoxy groups -OCH3 is 1. The quantitative estimate of drug-likeness (QED) is 0.512.